The second-order valence-electron chi connectivity index (χ2n) is 7.56. The van der Waals surface area contributed by atoms with Crippen molar-refractivity contribution in [1.82, 2.24) is 10.6 Å². The minimum atomic E-state index is -0.209. The summed E-state index contributed by atoms with van der Waals surface area (Å²) in [5, 5.41) is 6.05. The largest absolute Gasteiger partial charge is 0.497 e. The highest BCUT2D eigenvalue weighted by atomic mass is 16.5. The van der Waals surface area contributed by atoms with Crippen molar-refractivity contribution in [1.29, 1.82) is 0 Å². The van der Waals surface area contributed by atoms with Gasteiger partial charge < -0.3 is 20.1 Å². The maximum Gasteiger partial charge on any atom is 0.251 e. The SMILES string of the molecule is CCCOc1ccc(CNC(=O)[C@H]2CCC[C@H]2NC(=O)c2ccc(OC)cc2)cc1. The van der Waals surface area contributed by atoms with E-state index in [1.165, 1.54) is 0 Å². The van der Waals surface area contributed by atoms with Gasteiger partial charge in [-0.05, 0) is 61.2 Å². The van der Waals surface area contributed by atoms with Gasteiger partial charge in [-0.2, -0.15) is 0 Å². The van der Waals surface area contributed by atoms with Crippen LogP contribution in [0.5, 0.6) is 11.5 Å². The smallest absolute Gasteiger partial charge is 0.251 e. The number of carbonyl (C=O) groups is 2. The van der Waals surface area contributed by atoms with Crippen molar-refractivity contribution in [3.63, 3.8) is 0 Å². The molecular formula is C24H30N2O4. The Morgan fingerprint density at radius 1 is 1.00 bits per heavy atom. The third-order valence-corrected chi connectivity index (χ3v) is 5.38. The van der Waals surface area contributed by atoms with Gasteiger partial charge >= 0.3 is 0 Å². The van der Waals surface area contributed by atoms with Gasteiger partial charge in [0.15, 0.2) is 0 Å². The van der Waals surface area contributed by atoms with Crippen LogP contribution in [-0.4, -0.2) is 31.6 Å². The van der Waals surface area contributed by atoms with Gasteiger partial charge in [0.05, 0.1) is 19.6 Å². The molecule has 0 aliphatic heterocycles. The van der Waals surface area contributed by atoms with Gasteiger partial charge in [0.25, 0.3) is 5.91 Å². The minimum absolute atomic E-state index is 0.0150. The molecule has 2 aromatic carbocycles. The molecule has 2 atom stereocenters. The molecule has 0 saturated heterocycles. The third kappa shape index (κ3) is 5.75. The molecule has 2 amide bonds. The summed E-state index contributed by atoms with van der Waals surface area (Å²) >= 11 is 0. The van der Waals surface area contributed by atoms with Gasteiger partial charge in [0.2, 0.25) is 5.91 Å². The summed E-state index contributed by atoms with van der Waals surface area (Å²) in [5.74, 6) is 1.15. The Kier molecular flexibility index (Phi) is 7.71. The Morgan fingerprint density at radius 2 is 1.70 bits per heavy atom. The molecule has 0 spiro atoms. The lowest BCUT2D eigenvalue weighted by Crippen LogP contribution is -2.43. The van der Waals surface area contributed by atoms with Crippen LogP contribution < -0.4 is 20.1 Å². The van der Waals surface area contributed by atoms with E-state index in [0.29, 0.717) is 24.5 Å². The normalized spacial score (nSPS) is 17.9. The summed E-state index contributed by atoms with van der Waals surface area (Å²) in [6, 6.07) is 14.6. The van der Waals surface area contributed by atoms with Crippen molar-refractivity contribution in [2.24, 2.45) is 5.92 Å². The van der Waals surface area contributed by atoms with Gasteiger partial charge in [-0.15, -0.1) is 0 Å². The number of hydrogen-bond acceptors (Lipinski definition) is 4. The molecule has 1 saturated carbocycles. The van der Waals surface area contributed by atoms with Gasteiger partial charge in [-0.1, -0.05) is 25.5 Å². The summed E-state index contributed by atoms with van der Waals surface area (Å²) in [6.45, 7) is 3.23. The van der Waals surface area contributed by atoms with E-state index in [0.717, 1.165) is 37.0 Å². The van der Waals surface area contributed by atoms with Crippen molar-refractivity contribution < 1.29 is 19.1 Å². The van der Waals surface area contributed by atoms with Crippen molar-refractivity contribution in [2.75, 3.05) is 13.7 Å². The van der Waals surface area contributed by atoms with Crippen molar-refractivity contribution in [3.8, 4) is 11.5 Å². The van der Waals surface area contributed by atoms with Crippen LogP contribution in [0.3, 0.4) is 0 Å². The van der Waals surface area contributed by atoms with Crippen LogP contribution in [-0.2, 0) is 11.3 Å². The Bertz CT molecular complexity index is 833. The van der Waals surface area contributed by atoms with Crippen molar-refractivity contribution in [3.05, 3.63) is 59.7 Å². The fourth-order valence-electron chi connectivity index (χ4n) is 3.68. The first-order valence-corrected chi connectivity index (χ1v) is 10.5. The van der Waals surface area contributed by atoms with Gasteiger partial charge in [-0.25, -0.2) is 0 Å². The van der Waals surface area contributed by atoms with E-state index in [2.05, 4.69) is 17.6 Å². The highest BCUT2D eigenvalue weighted by Gasteiger charge is 2.34. The monoisotopic (exact) mass is 410 g/mol. The molecule has 6 heteroatoms. The number of carbonyl (C=O) groups excluding carboxylic acids is 2. The quantitative estimate of drug-likeness (QED) is 0.661. The van der Waals surface area contributed by atoms with Gasteiger partial charge in [0.1, 0.15) is 11.5 Å². The Balaban J connectivity index is 1.51. The second-order valence-corrected chi connectivity index (χ2v) is 7.56. The number of ether oxygens (including phenoxy) is 2. The Morgan fingerprint density at radius 3 is 2.37 bits per heavy atom. The fraction of sp³-hybridized carbons (Fsp3) is 0.417. The molecule has 0 bridgehead atoms. The first kappa shape index (κ1) is 21.7. The van der Waals surface area contributed by atoms with Crippen LogP contribution in [0.1, 0.15) is 48.5 Å². The molecule has 6 nitrogen and oxygen atoms in total. The topological polar surface area (TPSA) is 76.7 Å². The fourth-order valence-corrected chi connectivity index (χ4v) is 3.68. The van der Waals surface area contributed by atoms with Crippen LogP contribution in [0, 0.1) is 5.92 Å². The van der Waals surface area contributed by atoms with E-state index in [1.807, 2.05) is 24.3 Å². The Labute approximate surface area is 178 Å². The summed E-state index contributed by atoms with van der Waals surface area (Å²) in [7, 11) is 1.59. The highest BCUT2D eigenvalue weighted by molar-refractivity contribution is 5.95. The standard InChI is InChI=1S/C24H30N2O4/c1-3-15-30-20-11-7-17(8-12-20)16-25-24(28)21-5-4-6-22(21)26-23(27)18-9-13-19(29-2)14-10-18/h7-14,21-22H,3-6,15-16H2,1-2H3,(H,25,28)(H,26,27)/t21-,22+/m0/s1. The summed E-state index contributed by atoms with van der Waals surface area (Å²) in [5.41, 5.74) is 1.58. The zero-order chi connectivity index (χ0) is 21.3. The molecule has 30 heavy (non-hydrogen) atoms. The number of methoxy groups -OCH3 is 1. The molecule has 1 aliphatic carbocycles. The first-order valence-electron chi connectivity index (χ1n) is 10.5. The predicted octanol–water partition coefficient (Wildman–Crippen LogP) is 3.70. The van der Waals surface area contributed by atoms with E-state index < -0.39 is 0 Å². The number of hydrogen-bond donors (Lipinski definition) is 2. The molecule has 2 N–H and O–H groups in total. The van der Waals surface area contributed by atoms with E-state index in [9.17, 15) is 9.59 Å². The molecule has 1 fully saturated rings. The molecule has 0 heterocycles. The maximum atomic E-state index is 12.7. The molecule has 160 valence electrons. The lowest BCUT2D eigenvalue weighted by Gasteiger charge is -2.21. The first-order chi connectivity index (χ1) is 14.6. The molecule has 1 aliphatic rings. The minimum Gasteiger partial charge on any atom is -0.497 e. The van der Waals surface area contributed by atoms with Crippen molar-refractivity contribution in [2.45, 2.75) is 45.2 Å². The van der Waals surface area contributed by atoms with E-state index in [4.69, 9.17) is 9.47 Å². The van der Waals surface area contributed by atoms with Crippen molar-refractivity contribution >= 4 is 11.8 Å². The summed E-state index contributed by atoms with van der Waals surface area (Å²) in [6.07, 6.45) is 3.48. The summed E-state index contributed by atoms with van der Waals surface area (Å²) in [4.78, 5) is 25.3. The van der Waals surface area contributed by atoms with Crippen LogP contribution >= 0.6 is 0 Å². The van der Waals surface area contributed by atoms with Crippen LogP contribution in [0.2, 0.25) is 0 Å². The maximum absolute atomic E-state index is 12.7. The zero-order valence-corrected chi connectivity index (χ0v) is 17.6. The second kappa shape index (κ2) is 10.7. The average molecular weight is 411 g/mol. The molecule has 3 rings (SSSR count). The highest BCUT2D eigenvalue weighted by Crippen LogP contribution is 2.26. The van der Waals surface area contributed by atoms with Gasteiger partial charge in [-0.3, -0.25) is 9.59 Å². The lowest BCUT2D eigenvalue weighted by atomic mass is 10.0. The van der Waals surface area contributed by atoms with E-state index in [-0.39, 0.29) is 23.8 Å². The molecule has 0 unspecified atom stereocenters. The van der Waals surface area contributed by atoms with Crippen LogP contribution in [0.4, 0.5) is 0 Å². The number of amides is 2. The van der Waals surface area contributed by atoms with Crippen LogP contribution in [0.15, 0.2) is 48.5 Å². The molecular weight excluding hydrogens is 380 g/mol. The zero-order valence-electron chi connectivity index (χ0n) is 17.6. The predicted molar refractivity (Wildman–Crippen MR) is 116 cm³/mol. The van der Waals surface area contributed by atoms with Gasteiger partial charge in [0, 0.05) is 18.2 Å². The van der Waals surface area contributed by atoms with E-state index >= 15 is 0 Å². The molecule has 0 radical (unpaired) electrons. The average Bonchev–Trinajstić information content (AvgIpc) is 3.25. The van der Waals surface area contributed by atoms with E-state index in [1.54, 1.807) is 31.4 Å². The number of benzene rings is 2. The summed E-state index contributed by atoms with van der Waals surface area (Å²) < 4.78 is 10.7. The molecule has 0 aromatic heterocycles. The lowest BCUT2D eigenvalue weighted by molar-refractivity contribution is -0.125. The van der Waals surface area contributed by atoms with Crippen LogP contribution in [0.25, 0.3) is 0 Å². The molecule has 2 aromatic rings. The Hall–Kier alpha value is -3.02. The number of rotatable bonds is 9. The number of nitrogens with one attached hydrogen (secondary N) is 2. The third-order valence-electron chi connectivity index (χ3n) is 5.38.